The fourth-order valence-electron chi connectivity index (χ4n) is 2.66. The van der Waals surface area contributed by atoms with E-state index in [2.05, 4.69) is 30.4 Å². The summed E-state index contributed by atoms with van der Waals surface area (Å²) in [6.45, 7) is 5.75. The molecule has 0 fully saturated rings. The second-order valence-corrected chi connectivity index (χ2v) is 5.32. The van der Waals surface area contributed by atoms with E-state index in [4.69, 9.17) is 0 Å². The molecule has 24 heavy (non-hydrogen) atoms. The van der Waals surface area contributed by atoms with Crippen molar-refractivity contribution in [1.82, 2.24) is 44.1 Å². The van der Waals surface area contributed by atoms with E-state index in [1.165, 1.54) is 0 Å². The molecule has 0 N–H and O–H groups in total. The number of rotatable bonds is 3. The van der Waals surface area contributed by atoms with Gasteiger partial charge in [0.1, 0.15) is 23.2 Å². The van der Waals surface area contributed by atoms with Gasteiger partial charge in [0.25, 0.3) is 0 Å². The van der Waals surface area contributed by atoms with Gasteiger partial charge in [-0.1, -0.05) is 0 Å². The highest BCUT2D eigenvalue weighted by molar-refractivity contribution is 5.58. The Labute approximate surface area is 137 Å². The zero-order valence-corrected chi connectivity index (χ0v) is 13.5. The Hall–Kier alpha value is -3.36. The van der Waals surface area contributed by atoms with Crippen molar-refractivity contribution < 1.29 is 0 Å². The van der Waals surface area contributed by atoms with E-state index >= 15 is 0 Å². The molecule has 4 aromatic heterocycles. The molecule has 0 amide bonds. The van der Waals surface area contributed by atoms with E-state index in [1.807, 2.05) is 53.1 Å². The summed E-state index contributed by atoms with van der Waals surface area (Å²) in [5.74, 6) is 3.70. The molecule has 4 heterocycles. The molecule has 0 saturated carbocycles. The van der Waals surface area contributed by atoms with Gasteiger partial charge in [0.05, 0.1) is 0 Å². The van der Waals surface area contributed by atoms with Crippen molar-refractivity contribution in [1.29, 1.82) is 0 Å². The SMILES string of the molecule is Cc1nccn1-c1nnnc(-n2ccnc2C)c1-n1ccnc1C. The van der Waals surface area contributed by atoms with Crippen molar-refractivity contribution in [2.45, 2.75) is 20.8 Å². The van der Waals surface area contributed by atoms with E-state index in [-0.39, 0.29) is 0 Å². The molecule has 0 aromatic carbocycles. The van der Waals surface area contributed by atoms with Crippen LogP contribution in [-0.4, -0.2) is 44.1 Å². The van der Waals surface area contributed by atoms with Crippen LogP contribution in [0.4, 0.5) is 0 Å². The van der Waals surface area contributed by atoms with Gasteiger partial charge >= 0.3 is 0 Å². The zero-order chi connectivity index (χ0) is 16.7. The number of nitrogens with zero attached hydrogens (tertiary/aromatic N) is 9. The molecule has 0 spiro atoms. The molecule has 9 nitrogen and oxygen atoms in total. The van der Waals surface area contributed by atoms with Crippen molar-refractivity contribution in [2.75, 3.05) is 0 Å². The van der Waals surface area contributed by atoms with Crippen LogP contribution in [0.3, 0.4) is 0 Å². The Balaban J connectivity index is 2.08. The maximum atomic E-state index is 4.32. The average Bonchev–Trinajstić information content (AvgIpc) is 3.28. The molecule has 9 heteroatoms. The zero-order valence-electron chi connectivity index (χ0n) is 13.5. The van der Waals surface area contributed by atoms with Crippen LogP contribution >= 0.6 is 0 Å². The van der Waals surface area contributed by atoms with Gasteiger partial charge < -0.3 is 0 Å². The van der Waals surface area contributed by atoms with Crippen molar-refractivity contribution >= 4 is 0 Å². The second-order valence-electron chi connectivity index (χ2n) is 5.32. The van der Waals surface area contributed by atoms with Crippen LogP contribution < -0.4 is 0 Å². The van der Waals surface area contributed by atoms with Crippen LogP contribution in [0.2, 0.25) is 0 Å². The topological polar surface area (TPSA) is 92.1 Å². The molecular weight excluding hydrogens is 306 g/mol. The summed E-state index contributed by atoms with van der Waals surface area (Å²) >= 11 is 0. The molecule has 4 rings (SSSR count). The number of hydrogen-bond donors (Lipinski definition) is 0. The molecule has 120 valence electrons. The first-order valence-electron chi connectivity index (χ1n) is 7.41. The Bertz CT molecular complexity index is 949. The minimum Gasteiger partial charge on any atom is -0.297 e. The highest BCUT2D eigenvalue weighted by Gasteiger charge is 2.20. The minimum absolute atomic E-state index is 0.629. The van der Waals surface area contributed by atoms with Crippen molar-refractivity contribution in [3.8, 4) is 17.3 Å². The van der Waals surface area contributed by atoms with Crippen LogP contribution in [0.1, 0.15) is 17.5 Å². The summed E-state index contributed by atoms with van der Waals surface area (Å²) < 4.78 is 5.68. The highest BCUT2D eigenvalue weighted by Crippen LogP contribution is 2.24. The normalized spacial score (nSPS) is 11.1. The van der Waals surface area contributed by atoms with Crippen molar-refractivity contribution in [3.63, 3.8) is 0 Å². The molecule has 0 aliphatic heterocycles. The van der Waals surface area contributed by atoms with Gasteiger partial charge in [0.15, 0.2) is 11.6 Å². The minimum atomic E-state index is 0.629. The third-order valence-electron chi connectivity index (χ3n) is 3.88. The number of hydrogen-bond acceptors (Lipinski definition) is 6. The summed E-state index contributed by atoms with van der Waals surface area (Å²) in [5.41, 5.74) is 0.766. The van der Waals surface area contributed by atoms with Gasteiger partial charge in [0.2, 0.25) is 0 Å². The number of aromatic nitrogens is 9. The first kappa shape index (κ1) is 14.2. The standard InChI is InChI=1S/C15H15N9/c1-10-16-4-7-22(10)13-14(23-8-5-17-11(23)2)19-21-20-15(13)24-9-6-18-12(24)3/h4-9H,1-3H3. The smallest absolute Gasteiger partial charge is 0.190 e. The first-order chi connectivity index (χ1) is 11.7. The monoisotopic (exact) mass is 321 g/mol. The van der Waals surface area contributed by atoms with Crippen molar-refractivity contribution in [3.05, 3.63) is 54.7 Å². The largest absolute Gasteiger partial charge is 0.297 e. The van der Waals surface area contributed by atoms with Gasteiger partial charge in [-0.2, -0.15) is 0 Å². The number of imidazole rings is 3. The summed E-state index contributed by atoms with van der Waals surface area (Å²) in [4.78, 5) is 12.9. The fourth-order valence-corrected chi connectivity index (χ4v) is 2.66. The summed E-state index contributed by atoms with van der Waals surface area (Å²) in [6.07, 6.45) is 10.8. The summed E-state index contributed by atoms with van der Waals surface area (Å²) in [6, 6.07) is 0. The first-order valence-corrected chi connectivity index (χ1v) is 7.41. The lowest BCUT2D eigenvalue weighted by Crippen LogP contribution is -2.15. The van der Waals surface area contributed by atoms with Gasteiger partial charge in [0, 0.05) is 37.2 Å². The third-order valence-corrected chi connectivity index (χ3v) is 3.88. The highest BCUT2D eigenvalue weighted by atomic mass is 15.4. The maximum Gasteiger partial charge on any atom is 0.190 e. The predicted molar refractivity (Wildman–Crippen MR) is 85.4 cm³/mol. The van der Waals surface area contributed by atoms with E-state index < -0.39 is 0 Å². The molecular formula is C15H15N9. The molecule has 0 aliphatic carbocycles. The van der Waals surface area contributed by atoms with Crippen LogP contribution in [0.25, 0.3) is 17.3 Å². The van der Waals surface area contributed by atoms with Gasteiger partial charge in [-0.05, 0) is 26.0 Å². The summed E-state index contributed by atoms with van der Waals surface area (Å²) in [7, 11) is 0. The molecule has 0 aliphatic rings. The molecule has 0 unspecified atom stereocenters. The van der Waals surface area contributed by atoms with Crippen LogP contribution in [0.5, 0.6) is 0 Å². The predicted octanol–water partition coefficient (Wildman–Crippen LogP) is 1.35. The van der Waals surface area contributed by atoms with Crippen LogP contribution in [0, 0.1) is 20.8 Å². The Kier molecular flexibility index (Phi) is 3.19. The Morgan fingerprint density at radius 3 is 1.42 bits per heavy atom. The molecule has 4 aromatic rings. The Morgan fingerprint density at radius 2 is 1.04 bits per heavy atom. The van der Waals surface area contributed by atoms with E-state index in [0.29, 0.717) is 11.6 Å². The molecule has 0 bridgehead atoms. The average molecular weight is 321 g/mol. The van der Waals surface area contributed by atoms with Gasteiger partial charge in [-0.15, -0.1) is 10.2 Å². The quantitative estimate of drug-likeness (QED) is 0.565. The summed E-state index contributed by atoms with van der Waals surface area (Å²) in [5, 5.41) is 12.5. The van der Waals surface area contributed by atoms with Crippen molar-refractivity contribution in [2.24, 2.45) is 0 Å². The fraction of sp³-hybridized carbons (Fsp3) is 0.200. The van der Waals surface area contributed by atoms with Gasteiger partial charge in [-0.3, -0.25) is 13.7 Å². The van der Waals surface area contributed by atoms with E-state index in [9.17, 15) is 0 Å². The van der Waals surface area contributed by atoms with Crippen LogP contribution in [-0.2, 0) is 0 Å². The number of aryl methyl sites for hydroxylation is 3. The third kappa shape index (κ3) is 2.09. The maximum absolute atomic E-state index is 4.32. The second kappa shape index (κ2) is 5.37. The van der Waals surface area contributed by atoms with E-state index in [1.54, 1.807) is 18.6 Å². The van der Waals surface area contributed by atoms with Crippen LogP contribution in [0.15, 0.2) is 37.2 Å². The molecule has 0 saturated heterocycles. The lowest BCUT2D eigenvalue weighted by molar-refractivity contribution is 0.747. The molecule has 0 atom stereocenters. The molecule has 0 radical (unpaired) electrons. The van der Waals surface area contributed by atoms with E-state index in [0.717, 1.165) is 23.2 Å². The van der Waals surface area contributed by atoms with Gasteiger partial charge in [-0.25, -0.2) is 15.0 Å². The lowest BCUT2D eigenvalue weighted by Gasteiger charge is -2.16. The lowest BCUT2D eigenvalue weighted by atomic mass is 10.3. The Morgan fingerprint density at radius 1 is 0.625 bits per heavy atom.